The normalized spacial score (nSPS) is 45.2. The van der Waals surface area contributed by atoms with Gasteiger partial charge in [-0.3, -0.25) is 4.79 Å². The summed E-state index contributed by atoms with van der Waals surface area (Å²) in [6.45, 7) is 14.8. The van der Waals surface area contributed by atoms with Crippen LogP contribution in [-0.4, -0.2) is 29.5 Å². The van der Waals surface area contributed by atoms with Crippen molar-refractivity contribution in [3.63, 3.8) is 0 Å². The highest BCUT2D eigenvalue weighted by Crippen LogP contribution is 2.77. The number of carbonyl (C=O) groups is 1. The first-order valence-corrected chi connectivity index (χ1v) is 16.5. The van der Waals surface area contributed by atoms with Crippen LogP contribution in [0.3, 0.4) is 0 Å². The van der Waals surface area contributed by atoms with Crippen molar-refractivity contribution in [3.05, 3.63) is 0 Å². The molecule has 5 fully saturated rings. The molecule has 0 aromatic carbocycles. The Bertz CT molecular complexity index is 1290. The van der Waals surface area contributed by atoms with Gasteiger partial charge in [0.25, 0.3) is 0 Å². The summed E-state index contributed by atoms with van der Waals surface area (Å²) in [6, 6.07) is 0. The Labute approximate surface area is 256 Å². The van der Waals surface area contributed by atoms with Crippen molar-refractivity contribution in [2.24, 2.45) is 61.8 Å². The third-order valence-corrected chi connectivity index (χ3v) is 14.5. The van der Waals surface area contributed by atoms with Crippen LogP contribution in [0.15, 0.2) is 5.16 Å². The molecule has 5 rings (SSSR count). The smallest absolute Gasteiger partial charge is 0.309 e. The minimum atomic E-state index is -0.670. The largest absolute Gasteiger partial charge is 0.481 e. The number of oxime groups is 1. The Balaban J connectivity index is 1.46. The van der Waals surface area contributed by atoms with Gasteiger partial charge in [-0.15, -0.1) is 6.42 Å². The molecule has 5 unspecified atom stereocenters. The highest BCUT2D eigenvalue weighted by Gasteiger charge is 2.72. The van der Waals surface area contributed by atoms with Crippen LogP contribution in [-0.2, 0) is 14.2 Å². The molecule has 5 aliphatic carbocycles. The lowest BCUT2D eigenvalue weighted by Crippen LogP contribution is -2.67. The summed E-state index contributed by atoms with van der Waals surface area (Å²) in [5, 5.41) is 15.2. The summed E-state index contributed by atoms with van der Waals surface area (Å²) in [5.74, 6) is 14.0. The Morgan fingerprint density at radius 2 is 1.69 bits per heavy atom. The molecule has 5 saturated carbocycles. The maximum absolute atomic E-state index is 13.1. The van der Waals surface area contributed by atoms with Crippen molar-refractivity contribution in [2.45, 2.75) is 112 Å². The lowest BCUT2D eigenvalue weighted by Gasteiger charge is -2.72. The van der Waals surface area contributed by atoms with Crippen LogP contribution in [0.5, 0.6) is 0 Å². The van der Waals surface area contributed by atoms with E-state index in [0.29, 0.717) is 17.8 Å². The zero-order valence-electron chi connectivity index (χ0n) is 26.5. The van der Waals surface area contributed by atoms with Crippen molar-refractivity contribution in [1.29, 1.82) is 0 Å². The molecule has 0 radical (unpaired) electrons. The molecule has 0 amide bonds. The summed E-state index contributed by atoms with van der Waals surface area (Å²) in [4.78, 5) is 18.7. The van der Waals surface area contributed by atoms with Gasteiger partial charge in [0.2, 0.25) is 0 Å². The van der Waals surface area contributed by atoms with Crippen molar-refractivity contribution >= 4 is 21.1 Å². The Hall–Kier alpha value is -1.99. The maximum Gasteiger partial charge on any atom is 0.309 e. The van der Waals surface area contributed by atoms with Crippen LogP contribution in [0.4, 0.5) is 0 Å². The van der Waals surface area contributed by atoms with Crippen LogP contribution in [0.2, 0.25) is 0 Å². The van der Waals surface area contributed by atoms with E-state index < -0.39 is 11.4 Å². The van der Waals surface area contributed by atoms with Crippen molar-refractivity contribution < 1.29 is 19.3 Å². The van der Waals surface area contributed by atoms with Gasteiger partial charge in [-0.1, -0.05) is 39.8 Å². The quantitative estimate of drug-likeness (QED) is 0.119. The second-order valence-electron chi connectivity index (χ2n) is 15.5. The van der Waals surface area contributed by atoms with Crippen LogP contribution in [0.25, 0.3) is 0 Å². The molecular formula is C36H50NO4P. The minimum Gasteiger partial charge on any atom is -0.481 e. The van der Waals surface area contributed by atoms with Gasteiger partial charge in [0.15, 0.2) is 6.61 Å². The molecule has 0 bridgehead atoms. The molecule has 5 aliphatic rings. The van der Waals surface area contributed by atoms with Crippen LogP contribution in [0, 0.1) is 92.7 Å². The van der Waals surface area contributed by atoms with E-state index >= 15 is 0 Å². The number of carboxylic acid groups (broad SMARTS) is 1. The summed E-state index contributed by atoms with van der Waals surface area (Å²) in [6.07, 6.45) is 15.8. The van der Waals surface area contributed by atoms with Gasteiger partial charge in [-0.05, 0) is 146 Å². The van der Waals surface area contributed by atoms with Gasteiger partial charge >= 0.3 is 5.97 Å². The Kier molecular flexibility index (Phi) is 8.37. The van der Waals surface area contributed by atoms with E-state index in [1.807, 2.05) is 6.92 Å². The van der Waals surface area contributed by atoms with Crippen LogP contribution < -0.4 is 0 Å². The molecule has 0 aliphatic heterocycles. The number of hydrogen-bond acceptors (Lipinski definition) is 4. The highest BCUT2D eigenvalue weighted by molar-refractivity contribution is 7.09. The fraction of sp³-hybridized carbons (Fsp3) is 0.778. The first-order chi connectivity index (χ1) is 19.8. The first kappa shape index (κ1) is 31.4. The lowest BCUT2D eigenvalue weighted by atomic mass is 9.32. The number of rotatable bonds is 5. The molecule has 5 nitrogen and oxygen atoms in total. The van der Waals surface area contributed by atoms with E-state index in [-0.39, 0.29) is 46.2 Å². The van der Waals surface area contributed by atoms with Crippen molar-refractivity contribution in [1.82, 2.24) is 0 Å². The third-order valence-electron chi connectivity index (χ3n) is 14.1. The number of aliphatic carboxylic acids is 1. The number of nitrogens with zero attached hydrogens (tertiary/aromatic N) is 1. The van der Waals surface area contributed by atoms with E-state index in [0.717, 1.165) is 44.2 Å². The standard InChI is InChI=1S/C36H50NO4P/c1-8-9-10-11-12-23-40-37-24(2)25-15-20-36(31(38)39)22-21-34(6)26(30(25)36)13-14-28-33(5)18-17-29(41-42)32(3,4)27(33)16-19-35(28,34)7/h1,25-30H,13-23,42H2,2-7H3,(H,38,39)/b37-24-/t25-,26?,27?,28?,29-,30?,33-,34+,35+,36-/m0/s1. The molecule has 0 saturated heterocycles. The van der Waals surface area contributed by atoms with Crippen LogP contribution in [0.1, 0.15) is 106 Å². The highest BCUT2D eigenvalue weighted by atomic mass is 31.0. The zero-order valence-corrected chi connectivity index (χ0v) is 27.7. The third kappa shape index (κ3) is 4.46. The second-order valence-corrected chi connectivity index (χ2v) is 15.8. The molecule has 228 valence electrons. The summed E-state index contributed by atoms with van der Waals surface area (Å²) < 4.78 is 5.96. The monoisotopic (exact) mass is 591 g/mol. The molecule has 1 N–H and O–H groups in total. The molecule has 0 aromatic rings. The summed E-state index contributed by atoms with van der Waals surface area (Å²) >= 11 is 0. The van der Waals surface area contributed by atoms with Gasteiger partial charge in [-0.25, -0.2) is 0 Å². The molecule has 0 aromatic heterocycles. The van der Waals surface area contributed by atoms with Gasteiger partial charge < -0.3 is 14.5 Å². The van der Waals surface area contributed by atoms with E-state index in [1.54, 1.807) is 0 Å². The average molecular weight is 592 g/mol. The van der Waals surface area contributed by atoms with E-state index in [1.165, 1.54) is 25.7 Å². The summed E-state index contributed by atoms with van der Waals surface area (Å²) in [7, 11) is 2.54. The van der Waals surface area contributed by atoms with Crippen molar-refractivity contribution in [2.75, 3.05) is 6.61 Å². The Morgan fingerprint density at radius 1 is 0.929 bits per heavy atom. The van der Waals surface area contributed by atoms with Gasteiger partial charge in [0, 0.05) is 15.4 Å². The predicted octanol–water partition coefficient (Wildman–Crippen LogP) is 7.36. The van der Waals surface area contributed by atoms with E-state index in [4.69, 9.17) is 15.8 Å². The maximum atomic E-state index is 13.1. The topological polar surface area (TPSA) is 68.1 Å². The fourth-order valence-electron chi connectivity index (χ4n) is 12.0. The molecule has 42 heavy (non-hydrogen) atoms. The number of fused-ring (bicyclic) bond motifs is 7. The van der Waals surface area contributed by atoms with E-state index in [2.05, 4.69) is 78.8 Å². The zero-order chi connectivity index (χ0) is 30.6. The van der Waals surface area contributed by atoms with Gasteiger partial charge in [-0.2, -0.15) is 0 Å². The minimum absolute atomic E-state index is 0.0784. The number of hydrogen-bond donors (Lipinski definition) is 1. The van der Waals surface area contributed by atoms with Gasteiger partial charge in [0.05, 0.1) is 17.2 Å². The predicted molar refractivity (Wildman–Crippen MR) is 170 cm³/mol. The fourth-order valence-corrected chi connectivity index (χ4v) is 12.5. The van der Waals surface area contributed by atoms with E-state index in [9.17, 15) is 9.90 Å². The molecule has 0 heterocycles. The number of terminal acetylenes is 1. The average Bonchev–Trinajstić information content (AvgIpc) is 3.34. The molecule has 6 heteroatoms. The SMILES string of the molecule is C#CC#CC#CCO/N=C(/C)[C@@H]1CC[C@]2(C(=O)O)CC[C@]3(C)C(CCC4[C@@]5(C)CC[C@H](OP)C(C)(C)C5CC[C@]43C)C12. The first-order valence-electron chi connectivity index (χ1n) is 16.0. The van der Waals surface area contributed by atoms with Crippen molar-refractivity contribution in [3.8, 4) is 36.0 Å². The number of carboxylic acids is 1. The second kappa shape index (κ2) is 11.2. The molecule has 0 spiro atoms. The van der Waals surface area contributed by atoms with Gasteiger partial charge in [0.1, 0.15) is 0 Å². The lowest BCUT2D eigenvalue weighted by molar-refractivity contribution is -0.245. The van der Waals surface area contributed by atoms with Crippen LogP contribution >= 0.6 is 9.47 Å². The Morgan fingerprint density at radius 3 is 2.38 bits per heavy atom. The molecule has 11 atom stereocenters. The molecular weight excluding hydrogens is 541 g/mol. The summed E-state index contributed by atoms with van der Waals surface area (Å²) in [5.41, 5.74) is 0.927.